The number of hydrogen-bond acceptors (Lipinski definition) is 5. The molecule has 1 saturated carbocycles. The van der Waals surface area contributed by atoms with Gasteiger partial charge in [0.05, 0.1) is 18.8 Å². The number of hydrogen-bond donors (Lipinski definition) is 2. The molecule has 1 saturated heterocycles. The van der Waals surface area contributed by atoms with E-state index in [-0.39, 0.29) is 23.5 Å². The van der Waals surface area contributed by atoms with Crippen LogP contribution in [0.5, 0.6) is 5.75 Å². The number of anilines is 1. The first-order valence-electron chi connectivity index (χ1n) is 10.7. The number of carbonyl (C=O) groups excluding carboxylic acids is 2. The van der Waals surface area contributed by atoms with Crippen molar-refractivity contribution in [2.45, 2.75) is 45.2 Å². The van der Waals surface area contributed by atoms with Gasteiger partial charge in [-0.25, -0.2) is 0 Å². The highest BCUT2D eigenvalue weighted by Gasteiger charge is 2.34. The maximum absolute atomic E-state index is 12.9. The van der Waals surface area contributed by atoms with Crippen molar-refractivity contribution >= 4 is 17.5 Å². The van der Waals surface area contributed by atoms with Crippen molar-refractivity contribution in [3.05, 3.63) is 47.9 Å². The number of phenolic OH excluding ortho intramolecular Hbond substituents is 1. The van der Waals surface area contributed by atoms with Gasteiger partial charge in [-0.1, -0.05) is 12.1 Å². The number of amides is 2. The minimum absolute atomic E-state index is 0.0702. The van der Waals surface area contributed by atoms with Crippen molar-refractivity contribution in [1.29, 1.82) is 0 Å². The molecule has 2 fully saturated rings. The van der Waals surface area contributed by atoms with Gasteiger partial charge < -0.3 is 19.7 Å². The van der Waals surface area contributed by atoms with Gasteiger partial charge in [-0.2, -0.15) is 0 Å². The van der Waals surface area contributed by atoms with Gasteiger partial charge in [-0.3, -0.25) is 14.5 Å². The first-order chi connectivity index (χ1) is 14.5. The van der Waals surface area contributed by atoms with Gasteiger partial charge in [0.25, 0.3) is 0 Å². The number of nitrogens with one attached hydrogen (secondary N) is 1. The molecule has 0 bridgehead atoms. The monoisotopic (exact) mass is 411 g/mol. The molecular weight excluding hydrogens is 382 g/mol. The van der Waals surface area contributed by atoms with E-state index in [1.165, 1.54) is 0 Å². The Hall–Kier alpha value is -2.80. The molecule has 2 N–H and O–H groups in total. The summed E-state index contributed by atoms with van der Waals surface area (Å²) in [4.78, 5) is 29.5. The Labute approximate surface area is 176 Å². The van der Waals surface area contributed by atoms with Crippen molar-refractivity contribution in [2.75, 3.05) is 25.0 Å². The van der Waals surface area contributed by atoms with E-state index in [0.29, 0.717) is 50.7 Å². The predicted molar refractivity (Wildman–Crippen MR) is 113 cm³/mol. The zero-order valence-corrected chi connectivity index (χ0v) is 17.3. The van der Waals surface area contributed by atoms with E-state index in [1.807, 2.05) is 24.0 Å². The predicted octanol–water partition coefficient (Wildman–Crippen LogP) is 3.14. The van der Waals surface area contributed by atoms with Crippen molar-refractivity contribution in [1.82, 2.24) is 9.80 Å². The number of aryl methyl sites for hydroxylation is 1. The number of phenols is 1. The smallest absolute Gasteiger partial charge is 0.237 e. The summed E-state index contributed by atoms with van der Waals surface area (Å²) >= 11 is 0. The molecule has 4 rings (SSSR count). The fourth-order valence-electron chi connectivity index (χ4n) is 3.99. The third-order valence-corrected chi connectivity index (χ3v) is 5.91. The molecule has 2 aromatic rings. The first kappa shape index (κ1) is 20.5. The second-order valence-corrected chi connectivity index (χ2v) is 8.32. The molecule has 30 heavy (non-hydrogen) atoms. The highest BCUT2D eigenvalue weighted by Crippen LogP contribution is 2.29. The van der Waals surface area contributed by atoms with E-state index < -0.39 is 0 Å². The maximum Gasteiger partial charge on any atom is 0.237 e. The van der Waals surface area contributed by atoms with Gasteiger partial charge in [0.1, 0.15) is 17.3 Å². The summed E-state index contributed by atoms with van der Waals surface area (Å²) < 4.78 is 5.66. The summed E-state index contributed by atoms with van der Waals surface area (Å²) in [5.41, 5.74) is 0.438. The van der Waals surface area contributed by atoms with Gasteiger partial charge in [0, 0.05) is 12.0 Å². The highest BCUT2D eigenvalue weighted by atomic mass is 16.3. The Morgan fingerprint density at radius 3 is 2.50 bits per heavy atom. The molecule has 2 heterocycles. The summed E-state index contributed by atoms with van der Waals surface area (Å²) in [7, 11) is 0. The zero-order chi connectivity index (χ0) is 21.1. The van der Waals surface area contributed by atoms with Crippen LogP contribution in [-0.2, 0) is 16.1 Å². The maximum atomic E-state index is 12.9. The van der Waals surface area contributed by atoms with E-state index in [0.717, 1.165) is 24.4 Å². The van der Waals surface area contributed by atoms with Crippen LogP contribution in [0.3, 0.4) is 0 Å². The molecule has 2 amide bonds. The van der Waals surface area contributed by atoms with Crippen molar-refractivity contribution in [3.63, 3.8) is 0 Å². The minimum Gasteiger partial charge on any atom is -0.506 e. The summed E-state index contributed by atoms with van der Waals surface area (Å²) in [6, 6.07) is 10.9. The van der Waals surface area contributed by atoms with Crippen LogP contribution in [-0.4, -0.2) is 52.4 Å². The number of rotatable bonds is 7. The van der Waals surface area contributed by atoms with Crippen molar-refractivity contribution in [2.24, 2.45) is 5.92 Å². The highest BCUT2D eigenvalue weighted by molar-refractivity contribution is 5.93. The number of benzene rings is 1. The standard InChI is InChI=1S/C23H29N3O4/c1-16-6-9-19(30-16)14-26(18-7-8-18)22(28)15-25-12-10-17(11-13-25)23(29)24-20-4-2-3-5-21(20)27/h2-6,9,17-18,27H,7-8,10-15H2,1H3,(H,24,29). The number of aromatic hydroxyl groups is 1. The van der Waals surface area contributed by atoms with Gasteiger partial charge >= 0.3 is 0 Å². The van der Waals surface area contributed by atoms with Crippen LogP contribution < -0.4 is 5.32 Å². The SMILES string of the molecule is Cc1ccc(CN(C(=O)CN2CCC(C(=O)Nc3ccccc3O)CC2)C2CC2)o1. The fourth-order valence-corrected chi connectivity index (χ4v) is 3.99. The summed E-state index contributed by atoms with van der Waals surface area (Å²) in [5.74, 6) is 1.70. The van der Waals surface area contributed by atoms with Crippen LogP contribution in [0.15, 0.2) is 40.8 Å². The molecule has 1 aliphatic heterocycles. The molecule has 0 atom stereocenters. The van der Waals surface area contributed by atoms with Gasteiger partial charge in [0.15, 0.2) is 0 Å². The molecule has 0 spiro atoms. The van der Waals surface area contributed by atoms with E-state index >= 15 is 0 Å². The molecule has 1 aliphatic carbocycles. The Balaban J connectivity index is 1.27. The van der Waals surface area contributed by atoms with E-state index in [9.17, 15) is 14.7 Å². The molecule has 0 radical (unpaired) electrons. The molecule has 1 aromatic heterocycles. The van der Waals surface area contributed by atoms with Crippen LogP contribution in [0, 0.1) is 12.8 Å². The average Bonchev–Trinajstić information content (AvgIpc) is 3.49. The third-order valence-electron chi connectivity index (χ3n) is 5.91. The second kappa shape index (κ2) is 8.92. The van der Waals surface area contributed by atoms with Crippen LogP contribution in [0.2, 0.25) is 0 Å². The molecule has 160 valence electrons. The Kier molecular flexibility index (Phi) is 6.08. The Bertz CT molecular complexity index is 897. The summed E-state index contributed by atoms with van der Waals surface area (Å²) in [6.45, 7) is 4.24. The van der Waals surface area contributed by atoms with Crippen LogP contribution in [0.4, 0.5) is 5.69 Å². The first-order valence-corrected chi connectivity index (χ1v) is 10.7. The lowest BCUT2D eigenvalue weighted by Crippen LogP contribution is -2.45. The number of para-hydroxylation sites is 2. The van der Waals surface area contributed by atoms with E-state index in [2.05, 4.69) is 10.2 Å². The van der Waals surface area contributed by atoms with Crippen LogP contribution in [0.1, 0.15) is 37.2 Å². The average molecular weight is 412 g/mol. The van der Waals surface area contributed by atoms with E-state index in [4.69, 9.17) is 4.42 Å². The molecule has 1 aromatic carbocycles. The number of nitrogens with zero attached hydrogens (tertiary/aromatic N) is 2. The fraction of sp³-hybridized carbons (Fsp3) is 0.478. The normalized spacial score (nSPS) is 17.6. The zero-order valence-electron chi connectivity index (χ0n) is 17.3. The largest absolute Gasteiger partial charge is 0.506 e. The van der Waals surface area contributed by atoms with Crippen LogP contribution >= 0.6 is 0 Å². The molecule has 0 unspecified atom stereocenters. The summed E-state index contributed by atoms with van der Waals surface area (Å²) in [6.07, 6.45) is 3.51. The lowest BCUT2D eigenvalue weighted by Gasteiger charge is -2.32. The minimum atomic E-state index is -0.110. The van der Waals surface area contributed by atoms with E-state index in [1.54, 1.807) is 24.3 Å². The van der Waals surface area contributed by atoms with Crippen LogP contribution in [0.25, 0.3) is 0 Å². The number of likely N-dealkylation sites (tertiary alicyclic amines) is 1. The van der Waals surface area contributed by atoms with Crippen molar-refractivity contribution in [3.8, 4) is 5.75 Å². The Morgan fingerprint density at radius 2 is 1.87 bits per heavy atom. The summed E-state index contributed by atoms with van der Waals surface area (Å²) in [5, 5.41) is 12.6. The van der Waals surface area contributed by atoms with Gasteiger partial charge in [-0.15, -0.1) is 0 Å². The van der Waals surface area contributed by atoms with Gasteiger partial charge in [0.2, 0.25) is 11.8 Å². The number of carbonyl (C=O) groups is 2. The third kappa shape index (κ3) is 5.02. The van der Waals surface area contributed by atoms with Gasteiger partial charge in [-0.05, 0) is 70.0 Å². The molecule has 7 nitrogen and oxygen atoms in total. The number of furan rings is 1. The lowest BCUT2D eigenvalue weighted by atomic mass is 9.95. The Morgan fingerprint density at radius 1 is 1.13 bits per heavy atom. The lowest BCUT2D eigenvalue weighted by molar-refractivity contribution is -0.134. The molecule has 7 heteroatoms. The second-order valence-electron chi connectivity index (χ2n) is 8.32. The molecular formula is C23H29N3O4. The molecule has 2 aliphatic rings. The quantitative estimate of drug-likeness (QED) is 0.684. The topological polar surface area (TPSA) is 86.0 Å². The van der Waals surface area contributed by atoms with Crippen molar-refractivity contribution < 1.29 is 19.1 Å². The number of piperidine rings is 1.